The summed E-state index contributed by atoms with van der Waals surface area (Å²) in [5.41, 5.74) is 7.25. The average Bonchev–Trinajstić information content (AvgIpc) is 3.11. The molecule has 7 nitrogen and oxygen atoms in total. The Kier molecular flexibility index (Phi) is 7.00. The van der Waals surface area contributed by atoms with Crippen molar-refractivity contribution in [3.63, 3.8) is 0 Å². The molecule has 1 fully saturated rings. The molecule has 34 heavy (non-hydrogen) atoms. The number of Topliss-reactive ketones (excluding diaryl/α,β-unsaturated/α-hetero) is 1. The molecule has 1 aliphatic rings. The van der Waals surface area contributed by atoms with Crippen molar-refractivity contribution in [1.29, 1.82) is 0 Å². The quantitative estimate of drug-likeness (QED) is 0.225. The lowest BCUT2D eigenvalue weighted by Crippen LogP contribution is -2.31. The first-order valence-corrected chi connectivity index (χ1v) is 11.5. The fraction of sp³-hybridized carbons (Fsp3) is 0.120. The monoisotopic (exact) mass is 494 g/mol. The number of amides is 2. The lowest BCUT2D eigenvalue weighted by atomic mass is 10.1. The molecule has 0 spiro atoms. The summed E-state index contributed by atoms with van der Waals surface area (Å²) in [6, 6.07) is 19.3. The number of carbonyl (C=O) groups is 4. The Hall–Kier alpha value is -3.62. The standard InChI is InChI=1S/C25H19ClN2O5S/c26-17-5-1-15(2-6-17)21(29)14-33-25(32)16-3-9-19(10-4-16)28-23(30)13-22(24(28)31)34-20-11-7-18(27)8-12-20/h1-12,22H,13-14,27H2. The lowest BCUT2D eigenvalue weighted by molar-refractivity contribution is -0.121. The maximum absolute atomic E-state index is 12.9. The Balaban J connectivity index is 1.37. The number of halogens is 1. The van der Waals surface area contributed by atoms with Crippen LogP contribution in [0.25, 0.3) is 0 Å². The third kappa shape index (κ3) is 5.30. The molecule has 0 saturated carbocycles. The van der Waals surface area contributed by atoms with Crippen molar-refractivity contribution >= 4 is 58.3 Å². The van der Waals surface area contributed by atoms with Gasteiger partial charge in [-0.3, -0.25) is 14.4 Å². The van der Waals surface area contributed by atoms with Crippen LogP contribution in [0, 0.1) is 0 Å². The predicted octanol–water partition coefficient (Wildman–Crippen LogP) is 4.39. The number of esters is 1. The van der Waals surface area contributed by atoms with Gasteiger partial charge in [-0.25, -0.2) is 9.69 Å². The zero-order chi connectivity index (χ0) is 24.2. The van der Waals surface area contributed by atoms with Crippen LogP contribution in [-0.2, 0) is 14.3 Å². The second-order valence-electron chi connectivity index (χ2n) is 7.50. The molecule has 1 unspecified atom stereocenters. The molecule has 2 N–H and O–H groups in total. The van der Waals surface area contributed by atoms with Gasteiger partial charge in [0.1, 0.15) is 0 Å². The largest absolute Gasteiger partial charge is 0.454 e. The maximum atomic E-state index is 12.9. The smallest absolute Gasteiger partial charge is 0.338 e. The molecule has 172 valence electrons. The van der Waals surface area contributed by atoms with Gasteiger partial charge in [0.05, 0.1) is 16.5 Å². The van der Waals surface area contributed by atoms with Crippen molar-refractivity contribution in [2.45, 2.75) is 16.6 Å². The Morgan fingerprint density at radius 2 is 1.56 bits per heavy atom. The summed E-state index contributed by atoms with van der Waals surface area (Å²) in [5, 5.41) is -0.0431. The van der Waals surface area contributed by atoms with E-state index in [9.17, 15) is 19.2 Å². The van der Waals surface area contributed by atoms with Gasteiger partial charge in [0.25, 0.3) is 0 Å². The minimum atomic E-state index is -0.690. The van der Waals surface area contributed by atoms with E-state index in [2.05, 4.69) is 0 Å². The van der Waals surface area contributed by atoms with E-state index in [4.69, 9.17) is 22.1 Å². The van der Waals surface area contributed by atoms with Crippen molar-refractivity contribution < 1.29 is 23.9 Å². The number of hydrogen-bond acceptors (Lipinski definition) is 7. The highest BCUT2D eigenvalue weighted by atomic mass is 35.5. The normalized spacial score (nSPS) is 15.4. The van der Waals surface area contributed by atoms with Gasteiger partial charge in [-0.15, -0.1) is 11.8 Å². The molecule has 9 heteroatoms. The summed E-state index contributed by atoms with van der Waals surface area (Å²) in [6.07, 6.45) is 0.0739. The zero-order valence-electron chi connectivity index (χ0n) is 17.8. The van der Waals surface area contributed by atoms with Gasteiger partial charge >= 0.3 is 5.97 Å². The molecule has 0 bridgehead atoms. The molecule has 3 aromatic carbocycles. The first kappa shape index (κ1) is 23.5. The van der Waals surface area contributed by atoms with E-state index in [1.165, 1.54) is 36.0 Å². The number of ether oxygens (including phenoxy) is 1. The Bertz CT molecular complexity index is 1240. The molecule has 1 saturated heterocycles. The highest BCUT2D eigenvalue weighted by Gasteiger charge is 2.40. The third-order valence-corrected chi connectivity index (χ3v) is 6.57. The van der Waals surface area contributed by atoms with Crippen molar-refractivity contribution in [1.82, 2.24) is 0 Å². The first-order valence-electron chi connectivity index (χ1n) is 10.3. The summed E-state index contributed by atoms with van der Waals surface area (Å²) in [4.78, 5) is 51.8. The molecule has 4 rings (SSSR count). The van der Waals surface area contributed by atoms with Crippen LogP contribution in [0.5, 0.6) is 0 Å². The van der Waals surface area contributed by atoms with Crippen molar-refractivity contribution in [3.8, 4) is 0 Å². The van der Waals surface area contributed by atoms with Gasteiger partial charge in [0, 0.05) is 27.6 Å². The summed E-state index contributed by atoms with van der Waals surface area (Å²) >= 11 is 7.11. The fourth-order valence-corrected chi connectivity index (χ4v) is 4.54. The summed E-state index contributed by atoms with van der Waals surface area (Å²) in [6.45, 7) is -0.421. The molecule has 3 aromatic rings. The van der Waals surface area contributed by atoms with Crippen molar-refractivity contribution in [2.75, 3.05) is 17.2 Å². The van der Waals surface area contributed by atoms with Crippen LogP contribution in [-0.4, -0.2) is 35.4 Å². The van der Waals surface area contributed by atoms with Crippen LogP contribution < -0.4 is 10.6 Å². The van der Waals surface area contributed by atoms with Crippen LogP contribution in [0.1, 0.15) is 27.1 Å². The Morgan fingerprint density at radius 1 is 0.941 bits per heavy atom. The van der Waals surface area contributed by atoms with Gasteiger partial charge in [-0.1, -0.05) is 11.6 Å². The van der Waals surface area contributed by atoms with E-state index in [-0.39, 0.29) is 29.6 Å². The van der Waals surface area contributed by atoms with E-state index in [0.717, 1.165) is 9.80 Å². The van der Waals surface area contributed by atoms with Crippen LogP contribution >= 0.6 is 23.4 Å². The summed E-state index contributed by atoms with van der Waals surface area (Å²) in [7, 11) is 0. The summed E-state index contributed by atoms with van der Waals surface area (Å²) in [5.74, 6) is -1.69. The minimum Gasteiger partial charge on any atom is -0.454 e. The highest BCUT2D eigenvalue weighted by molar-refractivity contribution is 8.00. The second kappa shape index (κ2) is 10.1. The van der Waals surface area contributed by atoms with Crippen LogP contribution in [0.4, 0.5) is 11.4 Å². The van der Waals surface area contributed by atoms with Crippen LogP contribution in [0.3, 0.4) is 0 Å². The molecule has 1 heterocycles. The van der Waals surface area contributed by atoms with E-state index < -0.39 is 17.8 Å². The average molecular weight is 495 g/mol. The number of anilines is 2. The molecule has 0 radical (unpaired) electrons. The van der Waals surface area contributed by atoms with E-state index in [1.807, 2.05) is 0 Å². The topological polar surface area (TPSA) is 107 Å². The number of rotatable bonds is 7. The number of carbonyl (C=O) groups excluding carboxylic acids is 4. The van der Waals surface area contributed by atoms with E-state index in [1.54, 1.807) is 48.5 Å². The first-order chi connectivity index (χ1) is 16.3. The SMILES string of the molecule is Nc1ccc(SC2CC(=O)N(c3ccc(C(=O)OCC(=O)c4ccc(Cl)cc4)cc3)C2=O)cc1. The molecule has 0 aromatic heterocycles. The molecular formula is C25H19ClN2O5S. The number of nitrogens with zero attached hydrogens (tertiary/aromatic N) is 1. The van der Waals surface area contributed by atoms with E-state index in [0.29, 0.717) is 22.0 Å². The minimum absolute atomic E-state index is 0.0739. The molecular weight excluding hydrogens is 476 g/mol. The number of hydrogen-bond donors (Lipinski definition) is 1. The molecule has 0 aliphatic carbocycles. The van der Waals surface area contributed by atoms with Gasteiger partial charge in [0.15, 0.2) is 12.4 Å². The van der Waals surface area contributed by atoms with Gasteiger partial charge in [0.2, 0.25) is 11.8 Å². The number of thioether (sulfide) groups is 1. The number of imide groups is 1. The third-order valence-electron chi connectivity index (χ3n) is 5.13. The van der Waals surface area contributed by atoms with Crippen LogP contribution in [0.15, 0.2) is 77.7 Å². The van der Waals surface area contributed by atoms with Crippen molar-refractivity contribution in [3.05, 3.63) is 88.9 Å². The number of nitrogens with two attached hydrogens (primary N) is 1. The lowest BCUT2D eigenvalue weighted by Gasteiger charge is -2.15. The Labute approximate surface area is 204 Å². The fourth-order valence-electron chi connectivity index (χ4n) is 3.36. The van der Waals surface area contributed by atoms with Gasteiger partial charge in [-0.2, -0.15) is 0 Å². The maximum Gasteiger partial charge on any atom is 0.338 e. The molecule has 1 atom stereocenters. The molecule has 2 amide bonds. The van der Waals surface area contributed by atoms with Crippen molar-refractivity contribution in [2.24, 2.45) is 0 Å². The van der Waals surface area contributed by atoms with Gasteiger partial charge < -0.3 is 10.5 Å². The molecule has 1 aliphatic heterocycles. The second-order valence-corrected chi connectivity index (χ2v) is 9.21. The summed E-state index contributed by atoms with van der Waals surface area (Å²) < 4.78 is 5.09. The highest BCUT2D eigenvalue weighted by Crippen LogP contribution is 2.34. The Morgan fingerprint density at radius 3 is 2.21 bits per heavy atom. The van der Waals surface area contributed by atoms with E-state index >= 15 is 0 Å². The number of nitrogen functional groups attached to an aromatic ring is 1. The number of ketones is 1. The van der Waals surface area contributed by atoms with Crippen LogP contribution in [0.2, 0.25) is 5.02 Å². The van der Waals surface area contributed by atoms with Gasteiger partial charge in [-0.05, 0) is 72.8 Å². The zero-order valence-corrected chi connectivity index (χ0v) is 19.3. The number of benzene rings is 3. The predicted molar refractivity (Wildman–Crippen MR) is 130 cm³/mol.